The normalized spacial score (nSPS) is 22.5. The molecule has 0 bridgehead atoms. The fraction of sp³-hybridized carbons (Fsp3) is 0.714. The van der Waals surface area contributed by atoms with E-state index >= 15 is 0 Å². The highest BCUT2D eigenvalue weighted by Gasteiger charge is 2.37. The number of likely N-dealkylation sites (tertiary alicyclic amines) is 1. The molecule has 1 saturated heterocycles. The van der Waals surface area contributed by atoms with Crippen LogP contribution >= 0.6 is 0 Å². The molecular formula is C14H24N2O. The topological polar surface area (TPSA) is 42.4 Å². The molecule has 2 unspecified atom stereocenters. The maximum atomic E-state index is 6.45. The summed E-state index contributed by atoms with van der Waals surface area (Å²) < 4.78 is 5.12. The van der Waals surface area contributed by atoms with Crippen molar-refractivity contribution in [3.05, 3.63) is 24.2 Å². The molecule has 3 heteroatoms. The molecule has 1 aliphatic heterocycles. The molecule has 0 radical (unpaired) electrons. The summed E-state index contributed by atoms with van der Waals surface area (Å²) in [6, 6.07) is 2.18. The van der Waals surface area contributed by atoms with Crippen LogP contribution in [0.4, 0.5) is 0 Å². The van der Waals surface area contributed by atoms with Gasteiger partial charge in [0, 0.05) is 11.6 Å². The zero-order valence-electron chi connectivity index (χ0n) is 11.0. The maximum Gasteiger partial charge on any atom is 0.0935 e. The summed E-state index contributed by atoms with van der Waals surface area (Å²) in [4.78, 5) is 2.57. The van der Waals surface area contributed by atoms with E-state index in [1.165, 1.54) is 31.5 Å². The molecule has 1 aromatic rings. The van der Waals surface area contributed by atoms with E-state index in [-0.39, 0.29) is 11.6 Å². The van der Waals surface area contributed by atoms with Crippen molar-refractivity contribution in [2.24, 2.45) is 5.73 Å². The Balaban J connectivity index is 2.05. The maximum absolute atomic E-state index is 6.45. The molecule has 1 fully saturated rings. The number of hydrogen-bond acceptors (Lipinski definition) is 3. The summed E-state index contributed by atoms with van der Waals surface area (Å²) in [5.41, 5.74) is 7.77. The molecule has 2 atom stereocenters. The van der Waals surface area contributed by atoms with Crippen molar-refractivity contribution in [1.82, 2.24) is 4.90 Å². The Morgan fingerprint density at radius 1 is 1.47 bits per heavy atom. The monoisotopic (exact) mass is 236 g/mol. The van der Waals surface area contributed by atoms with E-state index in [0.717, 1.165) is 12.8 Å². The molecule has 2 heterocycles. The van der Waals surface area contributed by atoms with E-state index in [0.29, 0.717) is 0 Å². The van der Waals surface area contributed by atoms with Crippen LogP contribution in [-0.4, -0.2) is 29.6 Å². The second kappa shape index (κ2) is 5.23. The minimum Gasteiger partial charge on any atom is -0.472 e. The molecular weight excluding hydrogens is 212 g/mol. The zero-order valence-corrected chi connectivity index (χ0v) is 11.0. The van der Waals surface area contributed by atoms with Crippen LogP contribution in [0, 0.1) is 0 Å². The van der Waals surface area contributed by atoms with Gasteiger partial charge in [0.25, 0.3) is 0 Å². The van der Waals surface area contributed by atoms with Crippen molar-refractivity contribution < 1.29 is 4.42 Å². The van der Waals surface area contributed by atoms with Gasteiger partial charge in [-0.05, 0) is 57.3 Å². The van der Waals surface area contributed by atoms with Gasteiger partial charge in [-0.15, -0.1) is 0 Å². The predicted octanol–water partition coefficient (Wildman–Crippen LogP) is 2.41. The number of furan rings is 1. The minimum atomic E-state index is 0.119. The van der Waals surface area contributed by atoms with Gasteiger partial charge in [0.2, 0.25) is 0 Å². The van der Waals surface area contributed by atoms with E-state index in [1.54, 1.807) is 12.5 Å². The summed E-state index contributed by atoms with van der Waals surface area (Å²) in [6.45, 7) is 6.95. The molecule has 17 heavy (non-hydrogen) atoms. The predicted molar refractivity (Wildman–Crippen MR) is 69.9 cm³/mol. The lowest BCUT2D eigenvalue weighted by Gasteiger charge is -2.43. The molecule has 3 nitrogen and oxygen atoms in total. The van der Waals surface area contributed by atoms with E-state index in [1.807, 2.05) is 6.07 Å². The average molecular weight is 236 g/mol. The minimum absolute atomic E-state index is 0.119. The number of nitrogens with two attached hydrogens (primary N) is 1. The summed E-state index contributed by atoms with van der Waals surface area (Å²) in [5.74, 6) is 0. The Morgan fingerprint density at radius 2 is 2.18 bits per heavy atom. The van der Waals surface area contributed by atoms with Gasteiger partial charge in [0.15, 0.2) is 0 Å². The van der Waals surface area contributed by atoms with Crippen LogP contribution in [0.5, 0.6) is 0 Å². The van der Waals surface area contributed by atoms with Crippen molar-refractivity contribution in [3.8, 4) is 0 Å². The summed E-state index contributed by atoms with van der Waals surface area (Å²) in [7, 11) is 0. The van der Waals surface area contributed by atoms with Crippen LogP contribution in [0.3, 0.4) is 0 Å². The van der Waals surface area contributed by atoms with Crippen molar-refractivity contribution >= 4 is 0 Å². The lowest BCUT2D eigenvalue weighted by Crippen LogP contribution is -2.57. The van der Waals surface area contributed by atoms with Crippen molar-refractivity contribution in [2.45, 2.75) is 51.1 Å². The van der Waals surface area contributed by atoms with E-state index in [9.17, 15) is 0 Å². The quantitative estimate of drug-likeness (QED) is 0.853. The summed E-state index contributed by atoms with van der Waals surface area (Å²) in [6.07, 6.45) is 8.16. The second-order valence-electron chi connectivity index (χ2n) is 5.35. The Bertz CT molecular complexity index is 330. The lowest BCUT2D eigenvalue weighted by molar-refractivity contribution is 0.0998. The molecule has 2 rings (SSSR count). The van der Waals surface area contributed by atoms with Crippen LogP contribution in [-0.2, 0) is 6.42 Å². The first kappa shape index (κ1) is 12.7. The van der Waals surface area contributed by atoms with Gasteiger partial charge >= 0.3 is 0 Å². The van der Waals surface area contributed by atoms with Crippen LogP contribution in [0.15, 0.2) is 23.0 Å². The number of nitrogens with zero attached hydrogens (tertiary/aromatic N) is 1. The van der Waals surface area contributed by atoms with E-state index < -0.39 is 0 Å². The Hall–Kier alpha value is -0.800. The molecule has 0 aliphatic carbocycles. The molecule has 96 valence electrons. The van der Waals surface area contributed by atoms with Gasteiger partial charge in [-0.2, -0.15) is 0 Å². The smallest absolute Gasteiger partial charge is 0.0935 e. The fourth-order valence-corrected chi connectivity index (χ4v) is 2.83. The van der Waals surface area contributed by atoms with E-state index in [4.69, 9.17) is 10.2 Å². The first-order chi connectivity index (χ1) is 8.16. The van der Waals surface area contributed by atoms with Crippen LogP contribution in [0.1, 0.15) is 38.7 Å². The third kappa shape index (κ3) is 2.55. The van der Waals surface area contributed by atoms with Crippen molar-refractivity contribution in [1.29, 1.82) is 0 Å². The first-order valence-electron chi connectivity index (χ1n) is 6.68. The largest absolute Gasteiger partial charge is 0.472 e. The Labute approximate surface area is 104 Å². The van der Waals surface area contributed by atoms with Crippen LogP contribution in [0.2, 0.25) is 0 Å². The van der Waals surface area contributed by atoms with Gasteiger partial charge in [0.05, 0.1) is 12.5 Å². The molecule has 1 aliphatic rings. The molecule has 0 amide bonds. The molecule has 1 aromatic heterocycles. The fourth-order valence-electron chi connectivity index (χ4n) is 2.83. The van der Waals surface area contributed by atoms with Crippen molar-refractivity contribution in [2.75, 3.05) is 13.1 Å². The standard InChI is InChI=1S/C14H24N2O/c1-3-14(2,16-7-4-5-8-16)13(15)10-12-6-9-17-11-12/h6,9,11,13H,3-5,7-8,10,15H2,1-2H3. The molecule has 0 aromatic carbocycles. The Morgan fingerprint density at radius 3 is 2.71 bits per heavy atom. The summed E-state index contributed by atoms with van der Waals surface area (Å²) in [5, 5.41) is 0. The van der Waals surface area contributed by atoms with Gasteiger partial charge in [-0.3, -0.25) is 4.90 Å². The third-order valence-corrected chi connectivity index (χ3v) is 4.38. The first-order valence-corrected chi connectivity index (χ1v) is 6.68. The van der Waals surface area contributed by atoms with Crippen LogP contribution in [0.25, 0.3) is 0 Å². The lowest BCUT2D eigenvalue weighted by atomic mass is 9.85. The third-order valence-electron chi connectivity index (χ3n) is 4.38. The molecule has 0 spiro atoms. The highest BCUT2D eigenvalue weighted by Crippen LogP contribution is 2.28. The summed E-state index contributed by atoms with van der Waals surface area (Å²) >= 11 is 0. The second-order valence-corrected chi connectivity index (χ2v) is 5.35. The molecule has 0 saturated carbocycles. The van der Waals surface area contributed by atoms with Crippen molar-refractivity contribution in [3.63, 3.8) is 0 Å². The van der Waals surface area contributed by atoms with Gasteiger partial charge in [0.1, 0.15) is 0 Å². The number of hydrogen-bond donors (Lipinski definition) is 1. The SMILES string of the molecule is CCC(C)(C(N)Cc1ccoc1)N1CCCC1. The van der Waals surface area contributed by atoms with E-state index in [2.05, 4.69) is 18.7 Å². The van der Waals surface area contributed by atoms with Gasteiger partial charge in [-0.1, -0.05) is 6.92 Å². The highest BCUT2D eigenvalue weighted by molar-refractivity contribution is 5.11. The highest BCUT2D eigenvalue weighted by atomic mass is 16.3. The number of rotatable bonds is 5. The Kier molecular flexibility index (Phi) is 3.89. The van der Waals surface area contributed by atoms with Crippen LogP contribution < -0.4 is 5.73 Å². The van der Waals surface area contributed by atoms with Gasteiger partial charge < -0.3 is 10.2 Å². The average Bonchev–Trinajstić information content (AvgIpc) is 3.00. The van der Waals surface area contributed by atoms with Gasteiger partial charge in [-0.25, -0.2) is 0 Å². The molecule has 2 N–H and O–H groups in total. The zero-order chi connectivity index (χ0) is 12.3.